The molecule has 0 aliphatic carbocycles. The Labute approximate surface area is 114 Å². The number of aromatic nitrogens is 1. The quantitative estimate of drug-likeness (QED) is 0.842. The molecule has 1 aliphatic heterocycles. The van der Waals surface area contributed by atoms with E-state index in [1.807, 2.05) is 0 Å². The Hall–Kier alpha value is -1.83. The Morgan fingerprint density at radius 1 is 1.50 bits per heavy atom. The largest absolute Gasteiger partial charge is 0.417 e. The van der Waals surface area contributed by atoms with Crippen LogP contribution in [0.25, 0.3) is 0 Å². The number of anilines is 1. The number of nitrogens with zero attached hydrogens (tertiary/aromatic N) is 2. The van der Waals surface area contributed by atoms with Crippen molar-refractivity contribution in [2.24, 2.45) is 5.73 Å². The molecule has 0 radical (unpaired) electrons. The number of likely N-dealkylation sites (N-methyl/N-ethyl adjacent to an activating group) is 1. The van der Waals surface area contributed by atoms with Crippen molar-refractivity contribution in [1.82, 2.24) is 10.3 Å². The van der Waals surface area contributed by atoms with Gasteiger partial charge >= 0.3 is 6.18 Å². The summed E-state index contributed by atoms with van der Waals surface area (Å²) in [5, 5.41) is 2.52. The number of rotatable bonds is 2. The van der Waals surface area contributed by atoms with E-state index in [-0.39, 0.29) is 11.9 Å². The molecule has 5 nitrogen and oxygen atoms in total. The lowest BCUT2D eigenvalue weighted by Crippen LogP contribution is -2.42. The summed E-state index contributed by atoms with van der Waals surface area (Å²) in [6.45, 7) is 0.385. The lowest BCUT2D eigenvalue weighted by Gasteiger charge is -2.24. The molecule has 2 heterocycles. The standard InChI is InChI=1S/C12H15F3N4O/c1-17-11(20)9-4-8(16)6-19(9)10-3-2-7(5-18-10)12(13,14)15/h2-3,5,8-9H,4,6,16H2,1H3,(H,17,20)/t8-,9+/m1/s1. The molecule has 1 aromatic rings. The monoisotopic (exact) mass is 288 g/mol. The number of hydrogen-bond acceptors (Lipinski definition) is 4. The molecule has 2 atom stereocenters. The highest BCUT2D eigenvalue weighted by atomic mass is 19.4. The second kappa shape index (κ2) is 5.28. The zero-order valence-electron chi connectivity index (χ0n) is 10.8. The van der Waals surface area contributed by atoms with E-state index < -0.39 is 17.8 Å². The number of nitrogens with two attached hydrogens (primary N) is 1. The molecule has 1 aliphatic rings. The highest BCUT2D eigenvalue weighted by molar-refractivity contribution is 5.85. The maximum atomic E-state index is 12.5. The summed E-state index contributed by atoms with van der Waals surface area (Å²) < 4.78 is 37.4. The van der Waals surface area contributed by atoms with Crippen LogP contribution < -0.4 is 16.0 Å². The van der Waals surface area contributed by atoms with Crippen LogP contribution in [0.4, 0.5) is 19.0 Å². The molecule has 0 bridgehead atoms. The van der Waals surface area contributed by atoms with Crippen LogP contribution in [0, 0.1) is 0 Å². The number of pyridine rings is 1. The molecule has 8 heteroatoms. The number of nitrogens with one attached hydrogen (secondary N) is 1. The van der Waals surface area contributed by atoms with Gasteiger partial charge in [-0.3, -0.25) is 4.79 Å². The molecular formula is C12H15F3N4O. The zero-order valence-corrected chi connectivity index (χ0v) is 10.8. The van der Waals surface area contributed by atoms with Crippen LogP contribution >= 0.6 is 0 Å². The molecule has 110 valence electrons. The molecule has 0 spiro atoms. The fourth-order valence-electron chi connectivity index (χ4n) is 2.26. The summed E-state index contributed by atoms with van der Waals surface area (Å²) in [4.78, 5) is 17.2. The van der Waals surface area contributed by atoms with Gasteiger partial charge in [-0.2, -0.15) is 13.2 Å². The van der Waals surface area contributed by atoms with Crippen LogP contribution in [0.5, 0.6) is 0 Å². The number of carbonyl (C=O) groups excluding carboxylic acids is 1. The fourth-order valence-corrected chi connectivity index (χ4v) is 2.26. The van der Waals surface area contributed by atoms with E-state index in [0.29, 0.717) is 18.8 Å². The van der Waals surface area contributed by atoms with E-state index in [0.717, 1.165) is 12.3 Å². The van der Waals surface area contributed by atoms with E-state index in [9.17, 15) is 18.0 Å². The molecule has 20 heavy (non-hydrogen) atoms. The van der Waals surface area contributed by atoms with Gasteiger partial charge < -0.3 is 16.0 Å². The smallest absolute Gasteiger partial charge is 0.357 e. The Bertz CT molecular complexity index is 488. The van der Waals surface area contributed by atoms with E-state index in [1.165, 1.54) is 13.1 Å². The molecule has 1 amide bonds. The van der Waals surface area contributed by atoms with Gasteiger partial charge in [0.15, 0.2) is 0 Å². The van der Waals surface area contributed by atoms with Crippen LogP contribution in [0.15, 0.2) is 18.3 Å². The van der Waals surface area contributed by atoms with Crippen LogP contribution in [-0.4, -0.2) is 36.6 Å². The highest BCUT2D eigenvalue weighted by Gasteiger charge is 2.36. The predicted octanol–water partition coefficient (Wildman–Crippen LogP) is 0.752. The van der Waals surface area contributed by atoms with Crippen molar-refractivity contribution in [2.75, 3.05) is 18.5 Å². The first-order valence-corrected chi connectivity index (χ1v) is 6.10. The summed E-state index contributed by atoms with van der Waals surface area (Å²) in [5.41, 5.74) is 5.00. The first-order chi connectivity index (χ1) is 9.32. The lowest BCUT2D eigenvalue weighted by atomic mass is 10.1. The Morgan fingerprint density at radius 3 is 2.70 bits per heavy atom. The normalized spacial score (nSPS) is 22.9. The number of halogens is 3. The molecule has 1 saturated heterocycles. The average molecular weight is 288 g/mol. The first kappa shape index (κ1) is 14.6. The van der Waals surface area contributed by atoms with Crippen LogP contribution in [0.1, 0.15) is 12.0 Å². The molecule has 0 unspecified atom stereocenters. The minimum absolute atomic E-state index is 0.207. The first-order valence-electron chi connectivity index (χ1n) is 6.10. The number of alkyl halides is 3. The zero-order chi connectivity index (χ0) is 14.9. The molecule has 1 fully saturated rings. The summed E-state index contributed by atoms with van der Waals surface area (Å²) >= 11 is 0. The third kappa shape index (κ3) is 2.84. The van der Waals surface area contributed by atoms with Gasteiger partial charge in [-0.25, -0.2) is 4.98 Å². The van der Waals surface area contributed by atoms with Gasteiger partial charge in [-0.15, -0.1) is 0 Å². The van der Waals surface area contributed by atoms with Gasteiger partial charge in [-0.1, -0.05) is 0 Å². The van der Waals surface area contributed by atoms with Crippen LogP contribution in [0.2, 0.25) is 0 Å². The topological polar surface area (TPSA) is 71.2 Å². The van der Waals surface area contributed by atoms with Gasteiger partial charge in [0.05, 0.1) is 5.56 Å². The van der Waals surface area contributed by atoms with Crippen LogP contribution in [-0.2, 0) is 11.0 Å². The summed E-state index contributed by atoms with van der Waals surface area (Å²) in [7, 11) is 1.50. The van der Waals surface area contributed by atoms with Crippen molar-refractivity contribution in [2.45, 2.75) is 24.7 Å². The molecule has 0 saturated carbocycles. The fraction of sp³-hybridized carbons (Fsp3) is 0.500. The molecule has 0 aromatic carbocycles. The average Bonchev–Trinajstić information content (AvgIpc) is 2.79. The van der Waals surface area contributed by atoms with Crippen molar-refractivity contribution in [1.29, 1.82) is 0 Å². The van der Waals surface area contributed by atoms with Gasteiger partial charge in [0.2, 0.25) is 5.91 Å². The van der Waals surface area contributed by atoms with Gasteiger partial charge in [-0.05, 0) is 18.6 Å². The molecular weight excluding hydrogens is 273 g/mol. The Kier molecular flexibility index (Phi) is 3.85. The van der Waals surface area contributed by atoms with E-state index in [2.05, 4.69) is 10.3 Å². The van der Waals surface area contributed by atoms with Crippen molar-refractivity contribution in [3.05, 3.63) is 23.9 Å². The predicted molar refractivity (Wildman–Crippen MR) is 67.0 cm³/mol. The van der Waals surface area contributed by atoms with Crippen molar-refractivity contribution in [3.63, 3.8) is 0 Å². The van der Waals surface area contributed by atoms with Gasteiger partial charge in [0, 0.05) is 25.8 Å². The number of hydrogen-bond donors (Lipinski definition) is 2. The van der Waals surface area contributed by atoms with E-state index in [4.69, 9.17) is 5.73 Å². The number of carbonyl (C=O) groups is 1. The maximum Gasteiger partial charge on any atom is 0.417 e. The molecule has 3 N–H and O–H groups in total. The van der Waals surface area contributed by atoms with Crippen molar-refractivity contribution in [3.8, 4) is 0 Å². The molecule has 2 rings (SSSR count). The second-order valence-electron chi connectivity index (χ2n) is 4.68. The lowest BCUT2D eigenvalue weighted by molar-refractivity contribution is -0.137. The Morgan fingerprint density at radius 2 is 2.20 bits per heavy atom. The molecule has 1 aromatic heterocycles. The second-order valence-corrected chi connectivity index (χ2v) is 4.68. The summed E-state index contributed by atoms with van der Waals surface area (Å²) in [6.07, 6.45) is -3.21. The maximum absolute atomic E-state index is 12.5. The van der Waals surface area contributed by atoms with E-state index >= 15 is 0 Å². The van der Waals surface area contributed by atoms with Crippen molar-refractivity contribution >= 4 is 11.7 Å². The Balaban J connectivity index is 2.24. The van der Waals surface area contributed by atoms with Gasteiger partial charge in [0.25, 0.3) is 0 Å². The highest BCUT2D eigenvalue weighted by Crippen LogP contribution is 2.30. The van der Waals surface area contributed by atoms with Crippen LogP contribution in [0.3, 0.4) is 0 Å². The summed E-state index contributed by atoms with van der Waals surface area (Å²) in [6, 6.07) is 1.50. The third-order valence-electron chi connectivity index (χ3n) is 3.25. The van der Waals surface area contributed by atoms with E-state index in [1.54, 1.807) is 4.90 Å². The SMILES string of the molecule is CNC(=O)[C@@H]1C[C@@H](N)CN1c1ccc(C(F)(F)F)cn1. The third-order valence-corrected chi connectivity index (χ3v) is 3.25. The van der Waals surface area contributed by atoms with Gasteiger partial charge in [0.1, 0.15) is 11.9 Å². The number of amides is 1. The summed E-state index contributed by atoms with van der Waals surface area (Å²) in [5.74, 6) is 0.0965. The van der Waals surface area contributed by atoms with Crippen molar-refractivity contribution < 1.29 is 18.0 Å². The minimum Gasteiger partial charge on any atom is -0.357 e. The minimum atomic E-state index is -4.42.